The predicted octanol–water partition coefficient (Wildman–Crippen LogP) is 4.56. The number of pyridine rings is 1. The van der Waals surface area contributed by atoms with Gasteiger partial charge in [-0.2, -0.15) is 0 Å². The smallest absolute Gasteiger partial charge is 0.224 e. The van der Waals surface area contributed by atoms with Gasteiger partial charge in [-0.05, 0) is 44.5 Å². The van der Waals surface area contributed by atoms with Gasteiger partial charge in [0, 0.05) is 29.8 Å². The third kappa shape index (κ3) is 4.89. The van der Waals surface area contributed by atoms with Crippen molar-refractivity contribution in [3.63, 3.8) is 0 Å². The molecule has 0 bridgehead atoms. The molecule has 0 unspecified atom stereocenters. The number of anilines is 1. The molecule has 0 aliphatic heterocycles. The van der Waals surface area contributed by atoms with Gasteiger partial charge in [0.05, 0.1) is 17.5 Å². The fourth-order valence-electron chi connectivity index (χ4n) is 2.43. The van der Waals surface area contributed by atoms with Crippen LogP contribution in [-0.4, -0.2) is 22.0 Å². The average Bonchev–Trinajstić information content (AvgIpc) is 3.11. The van der Waals surface area contributed by atoms with Crippen LogP contribution >= 0.6 is 11.3 Å². The standard InChI is InChI=1S/C20H21N3O2S/c1-14(2)25-18-6-4-3-5-17(18)23-19(24)8-7-16-13-26-20(22-16)15-9-11-21-12-10-15/h3-6,9-14H,7-8H2,1-2H3,(H,23,24). The molecule has 5 nitrogen and oxygen atoms in total. The van der Waals surface area contributed by atoms with Gasteiger partial charge in [-0.3, -0.25) is 9.78 Å². The van der Waals surface area contributed by atoms with Crippen molar-refractivity contribution in [2.24, 2.45) is 0 Å². The van der Waals surface area contributed by atoms with Crippen LogP contribution in [0.5, 0.6) is 5.75 Å². The molecule has 0 saturated carbocycles. The summed E-state index contributed by atoms with van der Waals surface area (Å²) in [4.78, 5) is 20.9. The van der Waals surface area contributed by atoms with Crippen LogP contribution in [0.15, 0.2) is 54.2 Å². The van der Waals surface area contributed by atoms with Crippen molar-refractivity contribution in [1.29, 1.82) is 0 Å². The maximum atomic E-state index is 12.3. The second kappa shape index (κ2) is 8.58. The van der Waals surface area contributed by atoms with E-state index in [2.05, 4.69) is 15.3 Å². The topological polar surface area (TPSA) is 64.1 Å². The van der Waals surface area contributed by atoms with Crippen molar-refractivity contribution in [3.05, 3.63) is 59.9 Å². The highest BCUT2D eigenvalue weighted by Crippen LogP contribution is 2.26. The molecule has 1 N–H and O–H groups in total. The Morgan fingerprint density at radius 1 is 1.19 bits per heavy atom. The lowest BCUT2D eigenvalue weighted by molar-refractivity contribution is -0.116. The molecule has 3 aromatic rings. The lowest BCUT2D eigenvalue weighted by Gasteiger charge is -2.14. The number of thiazole rings is 1. The number of rotatable bonds is 7. The van der Waals surface area contributed by atoms with Gasteiger partial charge in [0.15, 0.2) is 0 Å². The number of ether oxygens (including phenoxy) is 1. The Labute approximate surface area is 157 Å². The molecule has 0 atom stereocenters. The second-order valence-corrected chi connectivity index (χ2v) is 6.95. The first-order chi connectivity index (χ1) is 12.6. The van der Waals surface area contributed by atoms with Gasteiger partial charge in [0.25, 0.3) is 0 Å². The molecule has 0 aliphatic rings. The monoisotopic (exact) mass is 367 g/mol. The molecule has 0 fully saturated rings. The molecule has 2 heterocycles. The van der Waals surface area contributed by atoms with Crippen molar-refractivity contribution >= 4 is 22.9 Å². The maximum Gasteiger partial charge on any atom is 0.224 e. The van der Waals surface area contributed by atoms with Gasteiger partial charge in [-0.15, -0.1) is 11.3 Å². The number of carbonyl (C=O) groups excluding carboxylic acids is 1. The Balaban J connectivity index is 1.58. The molecule has 1 amide bonds. The zero-order chi connectivity index (χ0) is 18.4. The van der Waals surface area contributed by atoms with E-state index < -0.39 is 0 Å². The molecule has 26 heavy (non-hydrogen) atoms. The molecular formula is C20H21N3O2S. The van der Waals surface area contributed by atoms with Crippen LogP contribution in [0.2, 0.25) is 0 Å². The maximum absolute atomic E-state index is 12.3. The van der Waals surface area contributed by atoms with Crippen molar-refractivity contribution in [3.8, 4) is 16.3 Å². The molecule has 6 heteroatoms. The predicted molar refractivity (Wildman–Crippen MR) is 105 cm³/mol. The minimum atomic E-state index is -0.0525. The summed E-state index contributed by atoms with van der Waals surface area (Å²) in [5, 5.41) is 5.87. The van der Waals surface area contributed by atoms with Gasteiger partial charge >= 0.3 is 0 Å². The highest BCUT2D eigenvalue weighted by Gasteiger charge is 2.10. The van der Waals surface area contributed by atoms with Crippen LogP contribution in [0.4, 0.5) is 5.69 Å². The number of amides is 1. The van der Waals surface area contributed by atoms with Gasteiger partial charge in [0.1, 0.15) is 10.8 Å². The third-order valence-electron chi connectivity index (χ3n) is 3.61. The molecule has 2 aromatic heterocycles. The summed E-state index contributed by atoms with van der Waals surface area (Å²) in [6.45, 7) is 3.92. The molecule has 0 spiro atoms. The molecule has 0 aliphatic carbocycles. The van der Waals surface area contributed by atoms with Crippen LogP contribution in [0.25, 0.3) is 10.6 Å². The molecule has 0 saturated heterocycles. The number of hydrogen-bond donors (Lipinski definition) is 1. The lowest BCUT2D eigenvalue weighted by atomic mass is 10.2. The summed E-state index contributed by atoms with van der Waals surface area (Å²) >= 11 is 1.58. The summed E-state index contributed by atoms with van der Waals surface area (Å²) < 4.78 is 5.73. The summed E-state index contributed by atoms with van der Waals surface area (Å²) in [7, 11) is 0. The van der Waals surface area contributed by atoms with E-state index in [1.165, 1.54) is 0 Å². The van der Waals surface area contributed by atoms with Gasteiger partial charge in [0.2, 0.25) is 5.91 Å². The number of benzene rings is 1. The molecule has 0 radical (unpaired) electrons. The summed E-state index contributed by atoms with van der Waals surface area (Å²) in [5.41, 5.74) is 2.66. The number of carbonyl (C=O) groups is 1. The van der Waals surface area contributed by atoms with E-state index in [0.717, 1.165) is 16.3 Å². The minimum Gasteiger partial charge on any atom is -0.489 e. The molecular weight excluding hydrogens is 346 g/mol. The SMILES string of the molecule is CC(C)Oc1ccccc1NC(=O)CCc1csc(-c2ccncc2)n1. The number of aryl methyl sites for hydroxylation is 1. The third-order valence-corrected chi connectivity index (χ3v) is 4.55. The van der Waals surface area contributed by atoms with Gasteiger partial charge in [-0.1, -0.05) is 12.1 Å². The first-order valence-electron chi connectivity index (χ1n) is 8.52. The molecule has 3 rings (SSSR count). The van der Waals surface area contributed by atoms with E-state index >= 15 is 0 Å². The number of para-hydroxylation sites is 2. The molecule has 134 valence electrons. The van der Waals surface area contributed by atoms with Crippen molar-refractivity contribution < 1.29 is 9.53 Å². The van der Waals surface area contributed by atoms with Crippen molar-refractivity contribution in [1.82, 2.24) is 9.97 Å². The van der Waals surface area contributed by atoms with Crippen LogP contribution in [0.3, 0.4) is 0 Å². The number of aromatic nitrogens is 2. The number of hydrogen-bond acceptors (Lipinski definition) is 5. The number of nitrogens with one attached hydrogen (secondary N) is 1. The highest BCUT2D eigenvalue weighted by molar-refractivity contribution is 7.13. The zero-order valence-electron chi connectivity index (χ0n) is 14.8. The molecule has 1 aromatic carbocycles. The lowest BCUT2D eigenvalue weighted by Crippen LogP contribution is -2.14. The Morgan fingerprint density at radius 2 is 1.96 bits per heavy atom. The summed E-state index contributed by atoms with van der Waals surface area (Å²) in [6.07, 6.45) is 4.52. The Hall–Kier alpha value is -2.73. The van der Waals surface area contributed by atoms with E-state index in [1.807, 2.05) is 55.6 Å². The fourth-order valence-corrected chi connectivity index (χ4v) is 3.29. The normalized spacial score (nSPS) is 10.7. The van der Waals surface area contributed by atoms with E-state index in [-0.39, 0.29) is 12.0 Å². The van der Waals surface area contributed by atoms with Crippen LogP contribution in [-0.2, 0) is 11.2 Å². The van der Waals surface area contributed by atoms with Crippen molar-refractivity contribution in [2.75, 3.05) is 5.32 Å². The summed E-state index contributed by atoms with van der Waals surface area (Å²) in [5.74, 6) is 0.632. The zero-order valence-corrected chi connectivity index (χ0v) is 15.6. The van der Waals surface area contributed by atoms with Gasteiger partial charge < -0.3 is 10.1 Å². The second-order valence-electron chi connectivity index (χ2n) is 6.09. The first kappa shape index (κ1) is 18.1. The van der Waals surface area contributed by atoms with E-state index in [1.54, 1.807) is 23.7 Å². The number of nitrogens with zero attached hydrogens (tertiary/aromatic N) is 2. The van der Waals surface area contributed by atoms with Gasteiger partial charge in [-0.25, -0.2) is 4.98 Å². The fraction of sp³-hybridized carbons (Fsp3) is 0.250. The van der Waals surface area contributed by atoms with Crippen molar-refractivity contribution in [2.45, 2.75) is 32.8 Å². The van der Waals surface area contributed by atoms with Crippen LogP contribution in [0, 0.1) is 0 Å². The van der Waals surface area contributed by atoms with Crippen LogP contribution < -0.4 is 10.1 Å². The minimum absolute atomic E-state index is 0.0506. The van der Waals surface area contributed by atoms with E-state index in [0.29, 0.717) is 24.3 Å². The summed E-state index contributed by atoms with van der Waals surface area (Å²) in [6, 6.07) is 11.3. The average molecular weight is 367 g/mol. The largest absolute Gasteiger partial charge is 0.489 e. The Bertz CT molecular complexity index is 862. The Morgan fingerprint density at radius 3 is 2.73 bits per heavy atom. The Kier molecular flexibility index (Phi) is 5.96. The van der Waals surface area contributed by atoms with Crippen LogP contribution in [0.1, 0.15) is 26.0 Å². The highest BCUT2D eigenvalue weighted by atomic mass is 32.1. The van der Waals surface area contributed by atoms with E-state index in [9.17, 15) is 4.79 Å². The quantitative estimate of drug-likeness (QED) is 0.665. The first-order valence-corrected chi connectivity index (χ1v) is 9.40. The van der Waals surface area contributed by atoms with E-state index in [4.69, 9.17) is 4.74 Å².